The van der Waals surface area contributed by atoms with E-state index in [9.17, 15) is 4.79 Å². The number of nitrogens with two attached hydrogens (primary N) is 1. The molecule has 1 aliphatic carbocycles. The average molecular weight is 282 g/mol. The van der Waals surface area contributed by atoms with Gasteiger partial charge in [-0.3, -0.25) is 4.79 Å². The maximum absolute atomic E-state index is 12.5. The van der Waals surface area contributed by atoms with Crippen LogP contribution in [-0.4, -0.2) is 17.6 Å². The highest BCUT2D eigenvalue weighted by atomic mass is 35.5. The zero-order valence-electron chi connectivity index (χ0n) is 11.6. The Morgan fingerprint density at radius 2 is 1.84 bits per heavy atom. The number of hydrogen-bond donors (Lipinski definition) is 1. The molecule has 0 saturated heterocycles. The summed E-state index contributed by atoms with van der Waals surface area (Å²) in [5, 5.41) is 0.659. The Bertz CT molecular complexity index is 470. The third-order valence-electron chi connectivity index (χ3n) is 3.41. The molecule has 1 aromatic rings. The van der Waals surface area contributed by atoms with Crippen molar-refractivity contribution >= 4 is 17.6 Å². The number of ether oxygens (including phenoxy) is 1. The van der Waals surface area contributed by atoms with E-state index in [1.165, 1.54) is 0 Å². The maximum atomic E-state index is 12.5. The van der Waals surface area contributed by atoms with Crippen molar-refractivity contribution in [2.75, 3.05) is 0 Å². The first-order valence-electron chi connectivity index (χ1n) is 6.48. The number of rotatable bonds is 2. The van der Waals surface area contributed by atoms with Crippen LogP contribution in [0.5, 0.6) is 0 Å². The normalized spacial score (nSPS) is 26.7. The van der Waals surface area contributed by atoms with E-state index in [4.69, 9.17) is 22.1 Å². The predicted octanol–water partition coefficient (Wildman–Crippen LogP) is 3.04. The van der Waals surface area contributed by atoms with Crippen LogP contribution in [0.15, 0.2) is 24.3 Å². The van der Waals surface area contributed by atoms with E-state index in [1.54, 1.807) is 12.1 Å². The summed E-state index contributed by atoms with van der Waals surface area (Å²) in [4.78, 5) is 12.5. The second-order valence-corrected chi connectivity index (χ2v) is 6.70. The second-order valence-electron chi connectivity index (χ2n) is 6.26. The molecule has 0 atom stereocenters. The van der Waals surface area contributed by atoms with Gasteiger partial charge in [0.05, 0.1) is 5.41 Å². The molecule has 0 bridgehead atoms. The quantitative estimate of drug-likeness (QED) is 0.848. The molecule has 0 unspecified atom stereocenters. The molecule has 104 valence electrons. The van der Waals surface area contributed by atoms with Gasteiger partial charge in [0.2, 0.25) is 0 Å². The molecule has 1 saturated carbocycles. The van der Waals surface area contributed by atoms with Gasteiger partial charge in [-0.1, -0.05) is 23.7 Å². The lowest BCUT2D eigenvalue weighted by Crippen LogP contribution is -2.55. The van der Waals surface area contributed by atoms with Gasteiger partial charge in [-0.05, 0) is 51.3 Å². The van der Waals surface area contributed by atoms with Gasteiger partial charge in [0.15, 0.2) is 0 Å². The lowest BCUT2D eigenvalue weighted by atomic mass is 9.62. The fourth-order valence-electron chi connectivity index (χ4n) is 2.50. The summed E-state index contributed by atoms with van der Waals surface area (Å²) in [5.74, 6) is -0.191. The summed E-state index contributed by atoms with van der Waals surface area (Å²) in [6, 6.07) is 7.43. The van der Waals surface area contributed by atoms with Gasteiger partial charge in [-0.2, -0.15) is 0 Å². The van der Waals surface area contributed by atoms with Crippen LogP contribution in [0.3, 0.4) is 0 Å². The van der Waals surface area contributed by atoms with Crippen molar-refractivity contribution in [2.24, 2.45) is 5.73 Å². The van der Waals surface area contributed by atoms with Gasteiger partial charge in [-0.25, -0.2) is 0 Å². The molecule has 1 aliphatic rings. The Morgan fingerprint density at radius 1 is 1.32 bits per heavy atom. The highest BCUT2D eigenvalue weighted by molar-refractivity contribution is 6.30. The summed E-state index contributed by atoms with van der Waals surface area (Å²) in [6.45, 7) is 5.62. The molecule has 0 heterocycles. The first-order chi connectivity index (χ1) is 8.73. The van der Waals surface area contributed by atoms with E-state index in [-0.39, 0.29) is 12.0 Å². The Morgan fingerprint density at radius 3 is 2.26 bits per heavy atom. The third-order valence-corrected chi connectivity index (χ3v) is 3.66. The van der Waals surface area contributed by atoms with Crippen molar-refractivity contribution < 1.29 is 9.53 Å². The minimum Gasteiger partial charge on any atom is -0.459 e. The highest BCUT2D eigenvalue weighted by Crippen LogP contribution is 2.45. The smallest absolute Gasteiger partial charge is 0.317 e. The van der Waals surface area contributed by atoms with E-state index in [0.29, 0.717) is 17.9 Å². The minimum absolute atomic E-state index is 0.0585. The lowest BCUT2D eigenvalue weighted by molar-refractivity contribution is -0.166. The van der Waals surface area contributed by atoms with Crippen LogP contribution in [0.25, 0.3) is 0 Å². The highest BCUT2D eigenvalue weighted by Gasteiger charge is 2.52. The van der Waals surface area contributed by atoms with Crippen molar-refractivity contribution in [2.45, 2.75) is 50.7 Å². The van der Waals surface area contributed by atoms with Gasteiger partial charge >= 0.3 is 5.97 Å². The Labute approximate surface area is 119 Å². The zero-order valence-corrected chi connectivity index (χ0v) is 12.3. The van der Waals surface area contributed by atoms with Crippen molar-refractivity contribution in [3.8, 4) is 0 Å². The van der Waals surface area contributed by atoms with Gasteiger partial charge in [0.1, 0.15) is 5.60 Å². The average Bonchev–Trinajstić information content (AvgIpc) is 2.23. The summed E-state index contributed by atoms with van der Waals surface area (Å²) in [7, 11) is 0. The lowest BCUT2D eigenvalue weighted by Gasteiger charge is -2.45. The molecule has 1 fully saturated rings. The summed E-state index contributed by atoms with van der Waals surface area (Å²) >= 11 is 5.90. The van der Waals surface area contributed by atoms with E-state index in [0.717, 1.165) is 5.56 Å². The summed E-state index contributed by atoms with van der Waals surface area (Å²) in [6.07, 6.45) is 1.26. The van der Waals surface area contributed by atoms with Gasteiger partial charge < -0.3 is 10.5 Å². The number of carbonyl (C=O) groups is 1. The number of hydrogen-bond acceptors (Lipinski definition) is 3. The summed E-state index contributed by atoms with van der Waals surface area (Å²) < 4.78 is 5.55. The number of carbonyl (C=O) groups excluding carboxylic acids is 1. The van der Waals surface area contributed by atoms with Crippen molar-refractivity contribution in [1.29, 1.82) is 0 Å². The van der Waals surface area contributed by atoms with E-state index < -0.39 is 11.0 Å². The van der Waals surface area contributed by atoms with Gasteiger partial charge in [0.25, 0.3) is 0 Å². The molecule has 19 heavy (non-hydrogen) atoms. The van der Waals surface area contributed by atoms with Crippen molar-refractivity contribution in [1.82, 2.24) is 0 Å². The van der Waals surface area contributed by atoms with Crippen molar-refractivity contribution in [3.05, 3.63) is 34.9 Å². The molecule has 1 aromatic carbocycles. The largest absolute Gasteiger partial charge is 0.459 e. The van der Waals surface area contributed by atoms with Gasteiger partial charge in [-0.15, -0.1) is 0 Å². The molecule has 0 amide bonds. The third kappa shape index (κ3) is 2.93. The molecule has 3 nitrogen and oxygen atoms in total. The number of benzene rings is 1. The Balaban J connectivity index is 2.28. The topological polar surface area (TPSA) is 52.3 Å². The standard InChI is InChI=1S/C15H20ClNO2/c1-14(2,3)19-13(18)15(8-12(17)9-15)10-4-6-11(16)7-5-10/h4-7,12H,8-9,17H2,1-3H3. The van der Waals surface area contributed by atoms with Crippen LogP contribution in [0.4, 0.5) is 0 Å². The van der Waals surface area contributed by atoms with E-state index >= 15 is 0 Å². The van der Waals surface area contributed by atoms with E-state index in [2.05, 4.69) is 0 Å². The fourth-order valence-corrected chi connectivity index (χ4v) is 2.63. The van der Waals surface area contributed by atoms with Crippen LogP contribution < -0.4 is 5.73 Å². The number of esters is 1. The molecule has 4 heteroatoms. The summed E-state index contributed by atoms with van der Waals surface area (Å²) in [5.41, 5.74) is 5.74. The monoisotopic (exact) mass is 281 g/mol. The first-order valence-corrected chi connectivity index (χ1v) is 6.86. The Kier molecular flexibility index (Phi) is 3.63. The van der Waals surface area contributed by atoms with Crippen LogP contribution in [0.1, 0.15) is 39.2 Å². The molecular formula is C15H20ClNO2. The fraction of sp³-hybridized carbons (Fsp3) is 0.533. The van der Waals surface area contributed by atoms with Crippen LogP contribution >= 0.6 is 11.6 Å². The van der Waals surface area contributed by atoms with Crippen molar-refractivity contribution in [3.63, 3.8) is 0 Å². The van der Waals surface area contributed by atoms with Crippen LogP contribution in [0.2, 0.25) is 5.02 Å². The minimum atomic E-state index is -0.600. The molecule has 0 radical (unpaired) electrons. The van der Waals surface area contributed by atoms with Gasteiger partial charge in [0, 0.05) is 11.1 Å². The predicted molar refractivity (Wildman–Crippen MR) is 76.2 cm³/mol. The SMILES string of the molecule is CC(C)(C)OC(=O)C1(c2ccc(Cl)cc2)CC(N)C1. The maximum Gasteiger partial charge on any atom is 0.317 e. The Hall–Kier alpha value is -1.06. The number of halogens is 1. The van der Waals surface area contributed by atoms with E-state index in [1.807, 2.05) is 32.9 Å². The molecule has 0 aliphatic heterocycles. The molecule has 2 rings (SSSR count). The second kappa shape index (κ2) is 4.80. The molecule has 2 N–H and O–H groups in total. The molecular weight excluding hydrogens is 262 g/mol. The van der Waals surface area contributed by atoms with Crippen LogP contribution in [-0.2, 0) is 14.9 Å². The first kappa shape index (κ1) is 14.4. The van der Waals surface area contributed by atoms with Crippen LogP contribution in [0, 0.1) is 0 Å². The molecule has 0 spiro atoms. The zero-order chi connectivity index (χ0) is 14.3. The molecule has 0 aromatic heterocycles.